The van der Waals surface area contributed by atoms with Crippen LogP contribution in [0.25, 0.3) is 0 Å². The molecule has 2 aromatic rings. The van der Waals surface area contributed by atoms with Gasteiger partial charge in [0.05, 0.1) is 12.7 Å². The smallest absolute Gasteiger partial charge is 0.253 e. The summed E-state index contributed by atoms with van der Waals surface area (Å²) in [4.78, 5) is 14.8. The Balaban J connectivity index is 1.65. The Kier molecular flexibility index (Phi) is 5.48. The van der Waals surface area contributed by atoms with Gasteiger partial charge in [0, 0.05) is 31.6 Å². The van der Waals surface area contributed by atoms with E-state index in [1.807, 2.05) is 54.6 Å². The van der Waals surface area contributed by atoms with Crippen LogP contribution in [-0.2, 0) is 18.4 Å². The largest absolute Gasteiger partial charge is 0.374 e. The van der Waals surface area contributed by atoms with Crippen molar-refractivity contribution in [3.05, 3.63) is 47.5 Å². The van der Waals surface area contributed by atoms with E-state index in [0.29, 0.717) is 13.2 Å². The van der Waals surface area contributed by atoms with Gasteiger partial charge in [-0.3, -0.25) is 4.79 Å². The summed E-state index contributed by atoms with van der Waals surface area (Å²) in [6, 6.07) is 7.74. The molecule has 1 atom stereocenters. The molecule has 0 saturated carbocycles. The first kappa shape index (κ1) is 17.6. The SMILES string of the molecule is CC(C)OCc1ccc(C(=O)N2CCC[C@H](c3nncn3C)C2)cc1. The van der Waals surface area contributed by atoms with Gasteiger partial charge in [-0.1, -0.05) is 12.1 Å². The molecule has 1 aliphatic rings. The molecule has 0 radical (unpaired) electrons. The molecule has 134 valence electrons. The van der Waals surface area contributed by atoms with E-state index in [4.69, 9.17) is 4.74 Å². The van der Waals surface area contributed by atoms with Gasteiger partial charge in [0.25, 0.3) is 5.91 Å². The van der Waals surface area contributed by atoms with Crippen LogP contribution >= 0.6 is 0 Å². The first-order chi connectivity index (χ1) is 12.0. The minimum atomic E-state index is 0.0863. The fraction of sp³-hybridized carbons (Fsp3) is 0.526. The van der Waals surface area contributed by atoms with Crippen LogP contribution in [0.15, 0.2) is 30.6 Å². The molecule has 25 heavy (non-hydrogen) atoms. The predicted molar refractivity (Wildman–Crippen MR) is 95.2 cm³/mol. The normalized spacial score (nSPS) is 17.9. The van der Waals surface area contributed by atoms with E-state index in [-0.39, 0.29) is 17.9 Å². The molecule has 6 nitrogen and oxygen atoms in total. The van der Waals surface area contributed by atoms with Gasteiger partial charge < -0.3 is 14.2 Å². The molecule has 0 N–H and O–H groups in total. The molecule has 3 rings (SSSR count). The number of nitrogens with zero attached hydrogens (tertiary/aromatic N) is 4. The number of rotatable bonds is 5. The summed E-state index contributed by atoms with van der Waals surface area (Å²) in [5.41, 5.74) is 1.81. The van der Waals surface area contributed by atoms with E-state index in [1.165, 1.54) is 0 Å². The van der Waals surface area contributed by atoms with Gasteiger partial charge in [0.15, 0.2) is 0 Å². The van der Waals surface area contributed by atoms with Crippen molar-refractivity contribution >= 4 is 5.91 Å². The number of amides is 1. The van der Waals surface area contributed by atoms with Crippen molar-refractivity contribution in [3.8, 4) is 0 Å². The van der Waals surface area contributed by atoms with Crippen molar-refractivity contribution in [1.82, 2.24) is 19.7 Å². The highest BCUT2D eigenvalue weighted by Crippen LogP contribution is 2.26. The average molecular weight is 342 g/mol. The summed E-state index contributed by atoms with van der Waals surface area (Å²) >= 11 is 0. The van der Waals surface area contributed by atoms with Crippen LogP contribution in [-0.4, -0.2) is 44.8 Å². The van der Waals surface area contributed by atoms with Gasteiger partial charge in [0.2, 0.25) is 0 Å². The Morgan fingerprint density at radius 3 is 2.72 bits per heavy atom. The average Bonchev–Trinajstić information content (AvgIpc) is 3.06. The van der Waals surface area contributed by atoms with Crippen LogP contribution < -0.4 is 0 Å². The van der Waals surface area contributed by atoms with Gasteiger partial charge >= 0.3 is 0 Å². The fourth-order valence-electron chi connectivity index (χ4n) is 3.22. The lowest BCUT2D eigenvalue weighted by atomic mass is 9.96. The van der Waals surface area contributed by atoms with Crippen LogP contribution in [0.5, 0.6) is 0 Å². The number of hydrogen-bond donors (Lipinski definition) is 0. The molecule has 0 aliphatic carbocycles. The van der Waals surface area contributed by atoms with Crippen LogP contribution in [0, 0.1) is 0 Å². The molecular formula is C19H26N4O2. The molecule has 1 aromatic heterocycles. The van der Waals surface area contributed by atoms with E-state index >= 15 is 0 Å². The van der Waals surface area contributed by atoms with Crippen molar-refractivity contribution in [1.29, 1.82) is 0 Å². The molecule has 1 amide bonds. The molecule has 2 heterocycles. The van der Waals surface area contributed by atoms with Crippen LogP contribution in [0.1, 0.15) is 54.4 Å². The Bertz CT molecular complexity index is 708. The number of piperidine rings is 1. The molecular weight excluding hydrogens is 316 g/mol. The third-order valence-corrected chi connectivity index (χ3v) is 4.60. The van der Waals surface area contributed by atoms with Crippen molar-refractivity contribution in [2.24, 2.45) is 7.05 Å². The Morgan fingerprint density at radius 1 is 1.32 bits per heavy atom. The van der Waals surface area contributed by atoms with Crippen LogP contribution in [0.2, 0.25) is 0 Å². The maximum Gasteiger partial charge on any atom is 0.253 e. The second-order valence-electron chi connectivity index (χ2n) is 6.95. The number of carbonyl (C=O) groups is 1. The lowest BCUT2D eigenvalue weighted by molar-refractivity contribution is 0.0654. The number of carbonyl (C=O) groups excluding carboxylic acids is 1. The minimum absolute atomic E-state index is 0.0863. The summed E-state index contributed by atoms with van der Waals surface area (Å²) < 4.78 is 7.55. The highest BCUT2D eigenvalue weighted by molar-refractivity contribution is 5.94. The quantitative estimate of drug-likeness (QED) is 0.838. The Hall–Kier alpha value is -2.21. The standard InChI is InChI=1S/C19H26N4O2/c1-14(2)25-12-15-6-8-16(9-7-15)19(24)23-10-4-5-17(11-23)18-21-20-13-22(18)3/h6-9,13-14,17H,4-5,10-12H2,1-3H3/t17-/m0/s1. The molecule has 1 aliphatic heterocycles. The number of benzene rings is 1. The van der Waals surface area contributed by atoms with Gasteiger partial charge in [-0.15, -0.1) is 10.2 Å². The summed E-state index contributed by atoms with van der Waals surface area (Å²) in [7, 11) is 1.95. The second kappa shape index (κ2) is 7.78. The molecule has 1 aromatic carbocycles. The van der Waals surface area contributed by atoms with Gasteiger partial charge in [-0.2, -0.15) is 0 Å². The first-order valence-electron chi connectivity index (χ1n) is 8.88. The van der Waals surface area contributed by atoms with Gasteiger partial charge in [0.1, 0.15) is 12.2 Å². The van der Waals surface area contributed by atoms with Crippen LogP contribution in [0.4, 0.5) is 0 Å². The van der Waals surface area contributed by atoms with Crippen molar-refractivity contribution in [3.63, 3.8) is 0 Å². The van der Waals surface area contributed by atoms with E-state index in [1.54, 1.807) is 6.33 Å². The van der Waals surface area contributed by atoms with Crippen LogP contribution in [0.3, 0.4) is 0 Å². The Labute approximate surface area is 148 Å². The van der Waals surface area contributed by atoms with E-state index < -0.39 is 0 Å². The summed E-state index contributed by atoms with van der Waals surface area (Å²) in [6.45, 7) is 6.10. The molecule has 6 heteroatoms. The molecule has 0 spiro atoms. The maximum atomic E-state index is 12.8. The van der Waals surface area contributed by atoms with Crippen molar-refractivity contribution < 1.29 is 9.53 Å². The fourth-order valence-corrected chi connectivity index (χ4v) is 3.22. The van der Waals surface area contributed by atoms with Gasteiger partial charge in [-0.05, 0) is 44.4 Å². The highest BCUT2D eigenvalue weighted by Gasteiger charge is 2.27. The zero-order chi connectivity index (χ0) is 17.8. The summed E-state index contributed by atoms with van der Waals surface area (Å²) in [5, 5.41) is 8.18. The second-order valence-corrected chi connectivity index (χ2v) is 6.95. The summed E-state index contributed by atoms with van der Waals surface area (Å²) in [6.07, 6.45) is 3.95. The van der Waals surface area contributed by atoms with Crippen molar-refractivity contribution in [2.45, 2.75) is 45.3 Å². The number of hydrogen-bond acceptors (Lipinski definition) is 4. The third kappa shape index (κ3) is 4.25. The predicted octanol–water partition coefficient (Wildman–Crippen LogP) is 2.76. The van der Waals surface area contributed by atoms with E-state index in [9.17, 15) is 4.79 Å². The number of ether oxygens (including phenoxy) is 1. The topological polar surface area (TPSA) is 60.2 Å². The monoisotopic (exact) mass is 342 g/mol. The molecule has 0 bridgehead atoms. The minimum Gasteiger partial charge on any atom is -0.374 e. The number of likely N-dealkylation sites (tertiary alicyclic amines) is 1. The summed E-state index contributed by atoms with van der Waals surface area (Å²) in [5.74, 6) is 1.30. The lowest BCUT2D eigenvalue weighted by Gasteiger charge is -2.32. The van der Waals surface area contributed by atoms with E-state index in [2.05, 4.69) is 10.2 Å². The van der Waals surface area contributed by atoms with Gasteiger partial charge in [-0.25, -0.2) is 0 Å². The number of aryl methyl sites for hydroxylation is 1. The lowest BCUT2D eigenvalue weighted by Crippen LogP contribution is -2.39. The Morgan fingerprint density at radius 2 is 2.08 bits per heavy atom. The first-order valence-corrected chi connectivity index (χ1v) is 8.88. The third-order valence-electron chi connectivity index (χ3n) is 4.60. The number of aromatic nitrogens is 3. The molecule has 1 fully saturated rings. The molecule has 0 unspecified atom stereocenters. The maximum absolute atomic E-state index is 12.8. The van der Waals surface area contributed by atoms with E-state index in [0.717, 1.165) is 36.3 Å². The zero-order valence-electron chi connectivity index (χ0n) is 15.2. The zero-order valence-corrected chi connectivity index (χ0v) is 15.2. The highest BCUT2D eigenvalue weighted by atomic mass is 16.5. The van der Waals surface area contributed by atoms with Crippen molar-refractivity contribution in [2.75, 3.05) is 13.1 Å². The molecule has 1 saturated heterocycles.